The highest BCUT2D eigenvalue weighted by molar-refractivity contribution is 7.89. The second-order valence-corrected chi connectivity index (χ2v) is 9.59. The molecule has 1 aliphatic heterocycles. The number of sulfonamides is 1. The van der Waals surface area contributed by atoms with Gasteiger partial charge in [-0.15, -0.1) is 11.3 Å². The fourth-order valence-corrected chi connectivity index (χ4v) is 5.34. The summed E-state index contributed by atoms with van der Waals surface area (Å²) in [4.78, 5) is 17.1. The summed E-state index contributed by atoms with van der Waals surface area (Å²) in [6.07, 6.45) is 2.64. The monoisotopic (exact) mass is 410 g/mol. The normalized spacial score (nSPS) is 15.6. The summed E-state index contributed by atoms with van der Waals surface area (Å²) >= 11 is 1.52. The molecule has 10 heteroatoms. The minimum atomic E-state index is -3.72. The molecule has 2 heterocycles. The number of thiazole rings is 1. The quantitative estimate of drug-likeness (QED) is 0.536. The molecule has 0 spiro atoms. The molecule has 8 nitrogen and oxygen atoms in total. The van der Waals surface area contributed by atoms with Crippen LogP contribution in [-0.4, -0.2) is 42.8 Å². The first-order chi connectivity index (χ1) is 12.8. The van der Waals surface area contributed by atoms with E-state index >= 15 is 0 Å². The third-order valence-corrected chi connectivity index (χ3v) is 7.29. The van der Waals surface area contributed by atoms with Crippen molar-refractivity contribution >= 4 is 32.7 Å². The molecule has 0 N–H and O–H groups in total. The van der Waals surface area contributed by atoms with E-state index in [2.05, 4.69) is 4.98 Å². The lowest BCUT2D eigenvalue weighted by atomic mass is 10.2. The standard InChI is InChI=1S/C17H22N4O4S2/c1-13-18-14(12-26-13)11-19(2)16-7-6-15(10-17(16)21(22)23)27(24,25)20-8-4-3-5-9-20/h6-7,10,12H,3-5,8-9,11H2,1-2H3. The van der Waals surface area contributed by atoms with Crippen LogP contribution < -0.4 is 4.90 Å². The van der Waals surface area contributed by atoms with Crippen molar-refractivity contribution in [2.45, 2.75) is 37.6 Å². The Labute approximate surface area is 162 Å². The number of aryl methyl sites for hydroxylation is 1. The number of benzene rings is 1. The zero-order valence-corrected chi connectivity index (χ0v) is 16.9. The molecular weight excluding hydrogens is 388 g/mol. The molecule has 1 fully saturated rings. The van der Waals surface area contributed by atoms with Gasteiger partial charge in [0.15, 0.2) is 0 Å². The van der Waals surface area contributed by atoms with Crippen LogP contribution in [0.25, 0.3) is 0 Å². The fourth-order valence-electron chi connectivity index (χ4n) is 3.20. The van der Waals surface area contributed by atoms with Gasteiger partial charge in [-0.2, -0.15) is 4.31 Å². The molecule has 0 aliphatic carbocycles. The first-order valence-corrected chi connectivity index (χ1v) is 11.0. The van der Waals surface area contributed by atoms with E-state index in [1.165, 1.54) is 33.8 Å². The topological polar surface area (TPSA) is 96.7 Å². The summed E-state index contributed by atoms with van der Waals surface area (Å²) in [5.74, 6) is 0. The molecule has 0 saturated carbocycles. The predicted octanol–water partition coefficient (Wildman–Crippen LogP) is 3.17. The van der Waals surface area contributed by atoms with Crippen LogP contribution in [0.5, 0.6) is 0 Å². The number of hydrogen-bond donors (Lipinski definition) is 0. The second kappa shape index (κ2) is 7.91. The van der Waals surface area contributed by atoms with Crippen LogP contribution in [0.3, 0.4) is 0 Å². The zero-order chi connectivity index (χ0) is 19.6. The lowest BCUT2D eigenvalue weighted by Crippen LogP contribution is -2.35. The number of aromatic nitrogens is 1. The van der Waals surface area contributed by atoms with Crippen LogP contribution >= 0.6 is 11.3 Å². The minimum Gasteiger partial charge on any atom is -0.363 e. The Hall–Kier alpha value is -2.04. The van der Waals surface area contributed by atoms with Crippen molar-refractivity contribution in [2.75, 3.05) is 25.0 Å². The van der Waals surface area contributed by atoms with Gasteiger partial charge in [0.2, 0.25) is 10.0 Å². The SMILES string of the molecule is Cc1nc(CN(C)c2ccc(S(=O)(=O)N3CCCCC3)cc2[N+](=O)[O-])cs1. The number of hydrogen-bond acceptors (Lipinski definition) is 7. The van der Waals surface area contributed by atoms with E-state index in [0.29, 0.717) is 25.3 Å². The first kappa shape index (κ1) is 19.7. The van der Waals surface area contributed by atoms with Gasteiger partial charge in [0.05, 0.1) is 27.1 Å². The van der Waals surface area contributed by atoms with Crippen molar-refractivity contribution in [1.29, 1.82) is 0 Å². The molecule has 1 aromatic carbocycles. The second-order valence-electron chi connectivity index (χ2n) is 6.59. The largest absolute Gasteiger partial charge is 0.363 e. The number of anilines is 1. The van der Waals surface area contributed by atoms with Gasteiger partial charge in [0.1, 0.15) is 5.69 Å². The van der Waals surface area contributed by atoms with Gasteiger partial charge in [-0.05, 0) is 31.9 Å². The first-order valence-electron chi connectivity index (χ1n) is 8.70. The Morgan fingerprint density at radius 2 is 2.00 bits per heavy atom. The average molecular weight is 411 g/mol. The van der Waals surface area contributed by atoms with Crippen LogP contribution in [0.15, 0.2) is 28.5 Å². The third kappa shape index (κ3) is 4.28. The number of nitro groups is 1. The van der Waals surface area contributed by atoms with Crippen LogP contribution in [0.2, 0.25) is 0 Å². The van der Waals surface area contributed by atoms with Crippen LogP contribution in [0.4, 0.5) is 11.4 Å². The highest BCUT2D eigenvalue weighted by atomic mass is 32.2. The molecule has 1 saturated heterocycles. The maximum Gasteiger partial charge on any atom is 0.293 e. The summed E-state index contributed by atoms with van der Waals surface area (Å²) in [5.41, 5.74) is 0.963. The molecule has 0 bridgehead atoms. The van der Waals surface area contributed by atoms with Crippen molar-refractivity contribution in [3.8, 4) is 0 Å². The van der Waals surface area contributed by atoms with Gasteiger partial charge < -0.3 is 4.90 Å². The van der Waals surface area contributed by atoms with Gasteiger partial charge in [0.25, 0.3) is 5.69 Å². The summed E-state index contributed by atoms with van der Waals surface area (Å²) in [6, 6.07) is 4.13. The van der Waals surface area contributed by atoms with Crippen molar-refractivity contribution < 1.29 is 13.3 Å². The van der Waals surface area contributed by atoms with E-state index in [1.807, 2.05) is 12.3 Å². The zero-order valence-electron chi connectivity index (χ0n) is 15.3. The van der Waals surface area contributed by atoms with Crippen LogP contribution in [-0.2, 0) is 16.6 Å². The summed E-state index contributed by atoms with van der Waals surface area (Å²) in [6.45, 7) is 3.22. The van der Waals surface area contributed by atoms with Gasteiger partial charge in [-0.1, -0.05) is 6.42 Å². The van der Waals surface area contributed by atoms with E-state index < -0.39 is 14.9 Å². The third-order valence-electron chi connectivity index (χ3n) is 4.57. The van der Waals surface area contributed by atoms with E-state index in [4.69, 9.17) is 0 Å². The van der Waals surface area contributed by atoms with E-state index in [1.54, 1.807) is 11.9 Å². The molecule has 3 rings (SSSR count). The summed E-state index contributed by atoms with van der Waals surface area (Å²) in [7, 11) is -1.98. The van der Waals surface area contributed by atoms with Crippen molar-refractivity contribution in [3.63, 3.8) is 0 Å². The molecule has 27 heavy (non-hydrogen) atoms. The average Bonchev–Trinajstić information content (AvgIpc) is 3.06. The molecule has 0 amide bonds. The smallest absolute Gasteiger partial charge is 0.293 e. The van der Waals surface area contributed by atoms with E-state index in [-0.39, 0.29) is 10.6 Å². The molecule has 2 aromatic rings. The van der Waals surface area contributed by atoms with Gasteiger partial charge in [0, 0.05) is 31.6 Å². The lowest BCUT2D eigenvalue weighted by Gasteiger charge is -2.26. The van der Waals surface area contributed by atoms with E-state index in [0.717, 1.165) is 30.0 Å². The molecule has 1 aromatic heterocycles. The number of nitrogens with zero attached hydrogens (tertiary/aromatic N) is 4. The van der Waals surface area contributed by atoms with Crippen molar-refractivity contribution in [2.24, 2.45) is 0 Å². The Morgan fingerprint density at radius 1 is 1.30 bits per heavy atom. The Bertz CT molecular complexity index is 936. The Balaban J connectivity index is 1.91. The Morgan fingerprint density at radius 3 is 2.59 bits per heavy atom. The van der Waals surface area contributed by atoms with Crippen LogP contribution in [0.1, 0.15) is 30.0 Å². The van der Waals surface area contributed by atoms with E-state index in [9.17, 15) is 18.5 Å². The highest BCUT2D eigenvalue weighted by Gasteiger charge is 2.29. The molecule has 1 aliphatic rings. The minimum absolute atomic E-state index is 0.0299. The lowest BCUT2D eigenvalue weighted by molar-refractivity contribution is -0.384. The predicted molar refractivity (Wildman–Crippen MR) is 105 cm³/mol. The molecule has 0 radical (unpaired) electrons. The van der Waals surface area contributed by atoms with Gasteiger partial charge in [-0.25, -0.2) is 13.4 Å². The molecular formula is C17H22N4O4S2. The molecule has 0 unspecified atom stereocenters. The van der Waals surface area contributed by atoms with Crippen molar-refractivity contribution in [1.82, 2.24) is 9.29 Å². The highest BCUT2D eigenvalue weighted by Crippen LogP contribution is 2.32. The number of piperidine rings is 1. The van der Waals surface area contributed by atoms with Gasteiger partial charge in [-0.3, -0.25) is 10.1 Å². The van der Waals surface area contributed by atoms with Crippen LogP contribution in [0, 0.1) is 17.0 Å². The van der Waals surface area contributed by atoms with Crippen molar-refractivity contribution in [3.05, 3.63) is 44.4 Å². The summed E-state index contributed by atoms with van der Waals surface area (Å²) < 4.78 is 27.0. The fraction of sp³-hybridized carbons (Fsp3) is 0.471. The number of nitro benzene ring substituents is 1. The molecule has 0 atom stereocenters. The number of rotatable bonds is 6. The molecule has 146 valence electrons. The maximum atomic E-state index is 12.8. The summed E-state index contributed by atoms with van der Waals surface area (Å²) in [5, 5.41) is 14.4. The Kier molecular flexibility index (Phi) is 5.78. The van der Waals surface area contributed by atoms with Gasteiger partial charge >= 0.3 is 0 Å². The maximum absolute atomic E-state index is 12.8.